The van der Waals surface area contributed by atoms with Crippen LogP contribution in [0.2, 0.25) is 0 Å². The molecule has 0 aliphatic carbocycles. The number of rotatable bonds is 69. The van der Waals surface area contributed by atoms with Gasteiger partial charge in [-0.3, -0.25) is 14.2 Å². The highest BCUT2D eigenvalue weighted by molar-refractivity contribution is 7.45. The zero-order chi connectivity index (χ0) is 64.1. The maximum absolute atomic E-state index is 12.9. The number of ether oxygens (including phenoxy) is 2. The molecule has 88 heavy (non-hydrogen) atoms. The Morgan fingerprint density at radius 3 is 0.966 bits per heavy atom. The average Bonchev–Trinajstić information content (AvgIpc) is 3.60. The average molecular weight is 1250 g/mol. The van der Waals surface area contributed by atoms with Crippen LogP contribution in [0.25, 0.3) is 0 Å². The zero-order valence-corrected chi connectivity index (χ0v) is 59.3. The molecule has 0 rings (SSSR count). The molecular formula is C78H142NO8P. The van der Waals surface area contributed by atoms with Gasteiger partial charge < -0.3 is 27.9 Å². The molecule has 0 saturated heterocycles. The van der Waals surface area contributed by atoms with E-state index < -0.39 is 26.5 Å². The summed E-state index contributed by atoms with van der Waals surface area (Å²) in [6.45, 7) is 4.16. The van der Waals surface area contributed by atoms with Crippen molar-refractivity contribution in [1.29, 1.82) is 0 Å². The second-order valence-corrected chi connectivity index (χ2v) is 27.7. The van der Waals surface area contributed by atoms with Crippen LogP contribution in [0.4, 0.5) is 0 Å². The van der Waals surface area contributed by atoms with Crippen molar-refractivity contribution >= 4 is 19.8 Å². The number of allylic oxidation sites excluding steroid dienone is 14. The van der Waals surface area contributed by atoms with Crippen molar-refractivity contribution < 1.29 is 42.1 Å². The van der Waals surface area contributed by atoms with Crippen LogP contribution in [0.1, 0.15) is 348 Å². The molecule has 0 amide bonds. The molecule has 2 atom stereocenters. The Labute approximate surface area is 545 Å². The highest BCUT2D eigenvalue weighted by Gasteiger charge is 2.22. The summed E-state index contributed by atoms with van der Waals surface area (Å²) in [6.07, 6.45) is 94.0. The van der Waals surface area contributed by atoms with Crippen molar-refractivity contribution in [3.63, 3.8) is 0 Å². The molecule has 0 aromatic rings. The molecule has 0 aliphatic heterocycles. The lowest BCUT2D eigenvalue weighted by atomic mass is 10.0. The van der Waals surface area contributed by atoms with Gasteiger partial charge in [0.2, 0.25) is 0 Å². The van der Waals surface area contributed by atoms with Gasteiger partial charge in [-0.05, 0) is 89.9 Å². The monoisotopic (exact) mass is 1250 g/mol. The van der Waals surface area contributed by atoms with Crippen LogP contribution in [-0.4, -0.2) is 70.0 Å². The lowest BCUT2D eigenvalue weighted by Gasteiger charge is -2.28. The van der Waals surface area contributed by atoms with Crippen molar-refractivity contribution in [2.45, 2.75) is 354 Å². The van der Waals surface area contributed by atoms with Crippen LogP contribution in [0.15, 0.2) is 85.1 Å². The van der Waals surface area contributed by atoms with Crippen LogP contribution >= 0.6 is 7.82 Å². The molecule has 0 bridgehead atoms. The van der Waals surface area contributed by atoms with E-state index in [0.717, 1.165) is 83.5 Å². The molecule has 10 heteroatoms. The van der Waals surface area contributed by atoms with E-state index in [1.54, 1.807) is 0 Å². The third-order valence-electron chi connectivity index (χ3n) is 16.4. The molecule has 9 nitrogen and oxygen atoms in total. The van der Waals surface area contributed by atoms with Gasteiger partial charge >= 0.3 is 11.9 Å². The smallest absolute Gasteiger partial charge is 0.306 e. The van der Waals surface area contributed by atoms with Gasteiger partial charge in [0.1, 0.15) is 19.8 Å². The fraction of sp³-hybridized carbons (Fsp3) is 0.795. The Morgan fingerprint density at radius 2 is 0.648 bits per heavy atom. The predicted molar refractivity (Wildman–Crippen MR) is 379 cm³/mol. The minimum atomic E-state index is -4.65. The molecule has 0 aromatic carbocycles. The Kier molecular flexibility index (Phi) is 66.4. The molecule has 0 aliphatic rings. The minimum absolute atomic E-state index is 0.0326. The summed E-state index contributed by atoms with van der Waals surface area (Å²) in [5, 5.41) is 0. The third-order valence-corrected chi connectivity index (χ3v) is 17.4. The number of unbranched alkanes of at least 4 members (excludes halogenated alkanes) is 41. The minimum Gasteiger partial charge on any atom is -0.756 e. The summed E-state index contributed by atoms with van der Waals surface area (Å²) in [6, 6.07) is 0. The number of nitrogens with zero attached hydrogens (tertiary/aromatic N) is 1. The Bertz CT molecular complexity index is 1760. The first-order valence-electron chi connectivity index (χ1n) is 37.3. The summed E-state index contributed by atoms with van der Waals surface area (Å²) >= 11 is 0. The highest BCUT2D eigenvalue weighted by atomic mass is 31.2. The normalized spacial score (nSPS) is 13.6. The topological polar surface area (TPSA) is 111 Å². The lowest BCUT2D eigenvalue weighted by molar-refractivity contribution is -0.870. The molecule has 0 fully saturated rings. The van der Waals surface area contributed by atoms with E-state index in [2.05, 4.69) is 98.9 Å². The fourth-order valence-electron chi connectivity index (χ4n) is 10.7. The van der Waals surface area contributed by atoms with Gasteiger partial charge in [-0.25, -0.2) is 0 Å². The number of phosphoric ester groups is 1. The summed E-state index contributed by atoms with van der Waals surface area (Å²) < 4.78 is 34.4. The Morgan fingerprint density at radius 1 is 0.364 bits per heavy atom. The second kappa shape index (κ2) is 68.6. The molecule has 0 aromatic heterocycles. The van der Waals surface area contributed by atoms with Gasteiger partial charge in [0, 0.05) is 12.8 Å². The van der Waals surface area contributed by atoms with Crippen molar-refractivity contribution in [2.75, 3.05) is 47.5 Å². The van der Waals surface area contributed by atoms with E-state index in [1.807, 2.05) is 21.1 Å². The molecule has 0 saturated carbocycles. The third kappa shape index (κ3) is 72.3. The van der Waals surface area contributed by atoms with Crippen LogP contribution in [-0.2, 0) is 32.7 Å². The Hall–Kier alpha value is -2.81. The number of hydrogen-bond donors (Lipinski definition) is 0. The number of hydrogen-bond acceptors (Lipinski definition) is 8. The van der Waals surface area contributed by atoms with Crippen LogP contribution < -0.4 is 4.89 Å². The summed E-state index contributed by atoms with van der Waals surface area (Å²) in [7, 11) is 1.17. The second-order valence-electron chi connectivity index (χ2n) is 26.3. The van der Waals surface area contributed by atoms with E-state index in [4.69, 9.17) is 18.5 Å². The van der Waals surface area contributed by atoms with Crippen molar-refractivity contribution in [2.24, 2.45) is 0 Å². The number of carbonyl (C=O) groups excluding carboxylic acids is 2. The largest absolute Gasteiger partial charge is 0.756 e. The first-order valence-corrected chi connectivity index (χ1v) is 38.8. The predicted octanol–water partition coefficient (Wildman–Crippen LogP) is 23.9. The van der Waals surface area contributed by atoms with E-state index in [9.17, 15) is 19.0 Å². The maximum atomic E-state index is 12.9. The van der Waals surface area contributed by atoms with E-state index >= 15 is 0 Å². The quantitative estimate of drug-likeness (QED) is 0.0195. The van der Waals surface area contributed by atoms with Gasteiger partial charge in [-0.2, -0.15) is 0 Å². The molecule has 0 radical (unpaired) electrons. The Balaban J connectivity index is 3.96. The first-order chi connectivity index (χ1) is 43.0. The first kappa shape index (κ1) is 85.2. The standard InChI is InChI=1S/C78H142NO8P/c1-6-8-10-12-14-16-18-20-22-24-26-28-30-32-34-35-36-37-38-39-40-41-42-43-45-46-48-50-52-54-56-58-60-62-64-66-68-70-77(80)84-74-76(75-86-88(82,83)85-73-72-79(3,4)5)87-78(81)71-69-67-65-63-61-59-57-55-53-51-49-47-44-33-31-29-27-25-23-21-19-17-15-13-11-9-7-2/h9,11,15,17-18,20-21,23-24,26-27,29,33,44,76H,6-8,10,12-14,16,19,22,25,28,30-32,34-43,45-75H2,1-5H3/b11-9-,17-15-,20-18-,23-21-,26-24-,29-27-,44-33-. The SMILES string of the molecule is CC/C=C\C/C=C\C/C=C\C/C=C\C/C=C\CCCCCCCCCCCCCC(=O)OC(COC(=O)CCCCCCCCCCCCCCCCCCCCCCCCCCC/C=C\C/C=C\CCCCCCC)COP(=O)([O-])OCC[N+](C)(C)C. The molecule has 0 spiro atoms. The van der Waals surface area contributed by atoms with Crippen LogP contribution in [0, 0.1) is 0 Å². The number of phosphoric acid groups is 1. The summed E-state index contributed by atoms with van der Waals surface area (Å²) in [5.74, 6) is -0.824. The van der Waals surface area contributed by atoms with Gasteiger partial charge in [0.15, 0.2) is 6.10 Å². The molecular weight excluding hydrogens is 1110 g/mol. The van der Waals surface area contributed by atoms with Crippen molar-refractivity contribution in [3.05, 3.63) is 85.1 Å². The fourth-order valence-corrected chi connectivity index (χ4v) is 11.4. The zero-order valence-electron chi connectivity index (χ0n) is 58.4. The summed E-state index contributed by atoms with van der Waals surface area (Å²) in [4.78, 5) is 38.1. The molecule has 2 unspecified atom stereocenters. The van der Waals surface area contributed by atoms with E-state index in [0.29, 0.717) is 17.4 Å². The molecule has 0 N–H and O–H groups in total. The van der Waals surface area contributed by atoms with Crippen molar-refractivity contribution in [3.8, 4) is 0 Å². The number of likely N-dealkylation sites (N-methyl/N-ethyl adjacent to an activating group) is 1. The van der Waals surface area contributed by atoms with E-state index in [-0.39, 0.29) is 32.0 Å². The van der Waals surface area contributed by atoms with E-state index in [1.165, 1.54) is 231 Å². The maximum Gasteiger partial charge on any atom is 0.306 e. The molecule has 0 heterocycles. The highest BCUT2D eigenvalue weighted by Crippen LogP contribution is 2.38. The van der Waals surface area contributed by atoms with Crippen LogP contribution in [0.3, 0.4) is 0 Å². The summed E-state index contributed by atoms with van der Waals surface area (Å²) in [5.41, 5.74) is 0. The number of quaternary nitrogens is 1. The number of esters is 2. The van der Waals surface area contributed by atoms with Gasteiger partial charge in [0.05, 0.1) is 27.7 Å². The van der Waals surface area contributed by atoms with Crippen molar-refractivity contribution in [1.82, 2.24) is 0 Å². The lowest BCUT2D eigenvalue weighted by Crippen LogP contribution is -2.37. The molecule has 512 valence electrons. The van der Waals surface area contributed by atoms with Gasteiger partial charge in [-0.15, -0.1) is 0 Å². The van der Waals surface area contributed by atoms with Gasteiger partial charge in [0.25, 0.3) is 7.82 Å². The number of carbonyl (C=O) groups is 2. The van der Waals surface area contributed by atoms with Gasteiger partial charge in [-0.1, -0.05) is 330 Å². The van der Waals surface area contributed by atoms with Crippen LogP contribution in [0.5, 0.6) is 0 Å².